The van der Waals surface area contributed by atoms with Crippen molar-refractivity contribution in [1.82, 2.24) is 0 Å². The van der Waals surface area contributed by atoms with E-state index in [1.165, 1.54) is 27.0 Å². The average molecular weight is 1150 g/mol. The second-order valence-electron chi connectivity index (χ2n) is 15.7. The van der Waals surface area contributed by atoms with Crippen molar-refractivity contribution in [2.24, 2.45) is 0 Å². The molecule has 0 N–H and O–H groups in total. The van der Waals surface area contributed by atoms with Gasteiger partial charge in [0, 0.05) is 21.5 Å². The van der Waals surface area contributed by atoms with Gasteiger partial charge in [-0.1, -0.05) is 232 Å². The van der Waals surface area contributed by atoms with Crippen molar-refractivity contribution in [1.29, 1.82) is 0 Å². The van der Waals surface area contributed by atoms with E-state index in [-0.39, 0.29) is 0 Å². The third-order valence-electron chi connectivity index (χ3n) is 10.7. The number of rotatable bonds is 8. The molecule has 9 rings (SSSR count). The monoisotopic (exact) mass is 1140 g/mol. The number of benzene rings is 9. The second kappa shape index (κ2) is 21.2. The standard InChI is InChI=1S/C44H32OP2.C10H14.ClH.6FH.Ru.Sb/c45-47(37-23-9-3-10-24-37,38-25-11-4-12-26-38)42-32-30-34-18-14-16-28-40(34)44(42)43-39-27-15-13-17-33(39)29-31-41(43)46(35-19-5-1-6-20-35)36-21-7-2-8-22-36;1-8(2)10-6-4-9(3)5-7-10;;;;;;;;;/h1-32H;4-8H,1-3H3;7*1H;;/q;;;;;;;;;+2;+5/p-7. The fourth-order valence-electron chi connectivity index (χ4n) is 7.73. The van der Waals surface area contributed by atoms with Crippen LogP contribution in [-0.4, -0.2) is 19.5 Å². The zero-order valence-corrected chi connectivity index (χ0v) is 42.9. The molecule has 0 aromatic heterocycles. The van der Waals surface area contributed by atoms with Gasteiger partial charge in [-0.3, -0.25) is 0 Å². The van der Waals surface area contributed by atoms with Crippen molar-refractivity contribution in [3.05, 3.63) is 230 Å². The van der Waals surface area contributed by atoms with Crippen LogP contribution in [0.2, 0.25) is 0 Å². The number of fused-ring (bicyclic) bond motifs is 2. The summed E-state index contributed by atoms with van der Waals surface area (Å²) in [5, 5.41) is 10.9. The van der Waals surface area contributed by atoms with Crippen LogP contribution < -0.4 is 31.8 Å². The zero-order valence-electron chi connectivity index (χ0n) is 36.1. The van der Waals surface area contributed by atoms with Crippen LogP contribution in [0, 0.1) is 6.92 Å². The summed E-state index contributed by atoms with van der Waals surface area (Å²) in [7, 11) is 0.255. The summed E-state index contributed by atoms with van der Waals surface area (Å²) in [6.45, 7) is 6.54. The maximum absolute atomic E-state index is 16.2. The number of hydrogen-bond donors (Lipinski definition) is 0. The van der Waals surface area contributed by atoms with Gasteiger partial charge < -0.3 is 4.57 Å². The van der Waals surface area contributed by atoms with Gasteiger partial charge in [0.2, 0.25) is 0 Å². The minimum atomic E-state index is -11.2. The molecule has 0 aliphatic rings. The van der Waals surface area contributed by atoms with Crippen LogP contribution in [0.15, 0.2) is 218 Å². The topological polar surface area (TPSA) is 17.1 Å². The normalized spacial score (nSPS) is 12.4. The number of aryl methyl sites for hydroxylation is 1. The Labute approximate surface area is 400 Å². The van der Waals surface area contributed by atoms with Crippen LogP contribution in [0.3, 0.4) is 0 Å². The van der Waals surface area contributed by atoms with Gasteiger partial charge in [-0.15, -0.1) is 0 Å². The van der Waals surface area contributed by atoms with Crippen molar-refractivity contribution in [2.75, 3.05) is 0 Å². The van der Waals surface area contributed by atoms with Gasteiger partial charge in [-0.2, -0.15) is 0 Å². The first-order valence-corrected chi connectivity index (χ1v) is 31.9. The summed E-state index contributed by atoms with van der Waals surface area (Å²) in [5.41, 5.74) is 4.96. The van der Waals surface area contributed by atoms with Crippen molar-refractivity contribution in [2.45, 2.75) is 26.7 Å². The van der Waals surface area contributed by atoms with Gasteiger partial charge in [-0.05, 0) is 75.4 Å². The number of hydrogen-bond acceptors (Lipinski definition) is 1. The molecule has 9 aromatic rings. The van der Waals surface area contributed by atoms with E-state index in [9.17, 15) is 16.9 Å². The van der Waals surface area contributed by atoms with E-state index in [1.54, 1.807) is 0 Å². The van der Waals surface area contributed by atoms with Crippen LogP contribution in [-0.2, 0) is 21.9 Å². The SMILES string of the molecule is Cc1ccc(C(C)C)cc1.O=P(c1ccccc1)(c1ccccc1)c1ccc2ccccc2c1-c1c(P(c2ccccc2)c2ccccc2)ccc2ccccc12.[Cl][Ru+].[F][Sb-]([F])([F])([F])([F])[F]. The van der Waals surface area contributed by atoms with Crippen LogP contribution in [0.1, 0.15) is 30.9 Å². The molecule has 0 bridgehead atoms. The third-order valence-corrected chi connectivity index (χ3v) is 16.2. The van der Waals surface area contributed by atoms with Gasteiger partial charge in [0.05, 0.1) is 0 Å². The molecule has 0 heterocycles. The Bertz CT molecular complexity index is 2960. The van der Waals surface area contributed by atoms with Crippen molar-refractivity contribution in [3.63, 3.8) is 0 Å². The van der Waals surface area contributed by atoms with Gasteiger partial charge in [-0.25, -0.2) is 0 Å². The van der Waals surface area contributed by atoms with E-state index in [0.717, 1.165) is 48.6 Å². The van der Waals surface area contributed by atoms with E-state index in [2.05, 4.69) is 188 Å². The summed E-state index contributed by atoms with van der Waals surface area (Å²) in [6.07, 6.45) is 0. The Balaban J connectivity index is 0.000000318. The molecule has 340 valence electrons. The molecule has 0 saturated carbocycles. The molecule has 0 spiro atoms. The van der Waals surface area contributed by atoms with E-state index < -0.39 is 34.5 Å². The van der Waals surface area contributed by atoms with Crippen molar-refractivity contribution < 1.29 is 38.8 Å². The molecule has 0 fully saturated rings. The molecule has 0 saturated heterocycles. The second-order valence-corrected chi connectivity index (χ2v) is 26.1. The molecule has 0 aliphatic heterocycles. The quantitative estimate of drug-likeness (QED) is 0.0842. The van der Waals surface area contributed by atoms with Gasteiger partial charge in [0.1, 0.15) is 0 Å². The molecule has 1 nitrogen and oxygen atoms in total. The molecule has 0 amide bonds. The van der Waals surface area contributed by atoms with E-state index >= 15 is 4.57 Å². The Hall–Kier alpha value is -4.53. The molecule has 0 atom stereocenters. The maximum atomic E-state index is 16.2. The molecule has 0 unspecified atom stereocenters. The Morgan fingerprint density at radius 1 is 0.470 bits per heavy atom. The fraction of sp³-hybridized carbons (Fsp3) is 0.0741. The summed E-state index contributed by atoms with van der Waals surface area (Å²) in [4.78, 5) is 0. The van der Waals surface area contributed by atoms with Gasteiger partial charge in [0.15, 0.2) is 7.14 Å². The minimum absolute atomic E-state index is 0.653. The van der Waals surface area contributed by atoms with Gasteiger partial charge >= 0.3 is 63.4 Å². The fourth-order valence-corrected chi connectivity index (χ4v) is 13.1. The molecule has 66 heavy (non-hydrogen) atoms. The first kappa shape index (κ1) is 50.9. The van der Waals surface area contributed by atoms with Crippen molar-refractivity contribution in [3.8, 4) is 11.1 Å². The summed E-state index contributed by atoms with van der Waals surface area (Å²) in [6, 6.07) is 76.6. The first-order chi connectivity index (χ1) is 31.4. The van der Waals surface area contributed by atoms with Crippen molar-refractivity contribution >= 4 is 97.6 Å². The molecule has 9 aromatic carbocycles. The summed E-state index contributed by atoms with van der Waals surface area (Å²) in [5.74, 6) is 0.653. The molecular weight excluding hydrogens is 1100 g/mol. The Kier molecular flexibility index (Phi) is 16.3. The first-order valence-electron chi connectivity index (χ1n) is 20.8. The van der Waals surface area contributed by atoms with Gasteiger partial charge in [0.25, 0.3) is 0 Å². The van der Waals surface area contributed by atoms with Crippen LogP contribution in [0.5, 0.6) is 0 Å². The Morgan fingerprint density at radius 3 is 1.26 bits per heavy atom. The molecule has 0 aliphatic carbocycles. The molecule has 0 radical (unpaired) electrons. The van der Waals surface area contributed by atoms with E-state index in [0.29, 0.717) is 5.92 Å². The number of halogens is 7. The van der Waals surface area contributed by atoms with Crippen LogP contribution >= 0.6 is 24.8 Å². The third kappa shape index (κ3) is 13.3. The van der Waals surface area contributed by atoms with Crippen LogP contribution in [0.25, 0.3) is 32.7 Å². The predicted molar refractivity (Wildman–Crippen MR) is 269 cm³/mol. The van der Waals surface area contributed by atoms with E-state index in [1.807, 2.05) is 78.0 Å². The average Bonchev–Trinajstić information content (AvgIpc) is 3.32. The predicted octanol–water partition coefficient (Wildman–Crippen LogP) is 15.0. The zero-order chi connectivity index (χ0) is 47.6. The molecular formula is C54H46ClF6OP2RuSb. The Morgan fingerprint density at radius 2 is 0.833 bits per heavy atom. The molecule has 12 heteroatoms. The van der Waals surface area contributed by atoms with Crippen LogP contribution in [0.4, 0.5) is 16.9 Å². The summed E-state index contributed by atoms with van der Waals surface area (Å²) >= 11 is -9.43. The van der Waals surface area contributed by atoms with E-state index in [4.69, 9.17) is 0 Å². The summed E-state index contributed by atoms with van der Waals surface area (Å²) < 4.78 is 75.8.